The van der Waals surface area contributed by atoms with Gasteiger partial charge in [0.25, 0.3) is 5.56 Å². The number of fused-ring (bicyclic) bond motifs is 1. The molecular weight excluding hydrogens is 370 g/mol. The molecule has 0 saturated carbocycles. The minimum absolute atomic E-state index is 0.130. The maximum absolute atomic E-state index is 12.8. The van der Waals surface area contributed by atoms with E-state index in [0.29, 0.717) is 22.6 Å². The van der Waals surface area contributed by atoms with Gasteiger partial charge in [0.1, 0.15) is 0 Å². The normalized spacial score (nSPS) is 12.0. The van der Waals surface area contributed by atoms with Crippen molar-refractivity contribution in [3.63, 3.8) is 0 Å². The zero-order chi connectivity index (χ0) is 20.3. The summed E-state index contributed by atoms with van der Waals surface area (Å²) in [7, 11) is 0. The molecule has 3 aromatic rings. The summed E-state index contributed by atoms with van der Waals surface area (Å²) in [5, 5.41) is 3.62. The van der Waals surface area contributed by atoms with E-state index in [2.05, 4.69) is 16.9 Å². The van der Waals surface area contributed by atoms with E-state index < -0.39 is 5.25 Å². The Morgan fingerprint density at radius 2 is 2.04 bits per heavy atom. The third-order valence-electron chi connectivity index (χ3n) is 4.44. The van der Waals surface area contributed by atoms with Crippen LogP contribution in [-0.4, -0.2) is 20.7 Å². The fourth-order valence-corrected chi connectivity index (χ4v) is 3.76. The third-order valence-corrected chi connectivity index (χ3v) is 5.53. The molecule has 1 N–H and O–H groups in total. The molecule has 3 rings (SSSR count). The van der Waals surface area contributed by atoms with Crippen molar-refractivity contribution in [3.8, 4) is 0 Å². The number of thioether (sulfide) groups is 1. The highest BCUT2D eigenvalue weighted by atomic mass is 32.2. The number of hydrogen-bond acceptors (Lipinski definition) is 4. The fraction of sp³-hybridized carbons (Fsp3) is 0.227. The van der Waals surface area contributed by atoms with Gasteiger partial charge in [0.15, 0.2) is 5.16 Å². The lowest BCUT2D eigenvalue weighted by Crippen LogP contribution is -2.27. The molecule has 0 saturated heterocycles. The average molecular weight is 394 g/mol. The van der Waals surface area contributed by atoms with Crippen molar-refractivity contribution in [1.29, 1.82) is 0 Å². The Hall–Kier alpha value is -2.86. The van der Waals surface area contributed by atoms with Gasteiger partial charge in [-0.2, -0.15) is 0 Å². The molecule has 0 aliphatic heterocycles. The molecule has 0 aliphatic rings. The molecule has 0 bridgehead atoms. The molecule has 1 amide bonds. The number of carbonyl (C=O) groups is 1. The molecular formula is C22H23N3O2S. The van der Waals surface area contributed by atoms with Gasteiger partial charge in [-0.05, 0) is 50.1 Å². The largest absolute Gasteiger partial charge is 0.325 e. The molecule has 2 aromatic carbocycles. The first kappa shape index (κ1) is 19.9. The monoisotopic (exact) mass is 393 g/mol. The van der Waals surface area contributed by atoms with Crippen LogP contribution in [0.15, 0.2) is 65.1 Å². The van der Waals surface area contributed by atoms with E-state index in [-0.39, 0.29) is 11.5 Å². The third kappa shape index (κ3) is 4.17. The topological polar surface area (TPSA) is 64.0 Å². The second kappa shape index (κ2) is 8.44. The van der Waals surface area contributed by atoms with Crippen LogP contribution in [0.25, 0.3) is 10.9 Å². The number of amides is 1. The first-order valence-electron chi connectivity index (χ1n) is 9.06. The molecule has 0 spiro atoms. The Morgan fingerprint density at radius 1 is 1.29 bits per heavy atom. The standard InChI is InChI=1S/C22H23N3O2S/c1-5-12-25-21(27)17-8-6-7-9-18(17)24-22(25)28-16(4)20(26)23-19-13-14(2)10-11-15(19)3/h5-11,13,16H,1,12H2,2-4H3,(H,23,26)/t16-/m0/s1. The van der Waals surface area contributed by atoms with Gasteiger partial charge in [0.05, 0.1) is 16.2 Å². The van der Waals surface area contributed by atoms with Gasteiger partial charge < -0.3 is 5.32 Å². The minimum atomic E-state index is -0.427. The van der Waals surface area contributed by atoms with Gasteiger partial charge in [0.2, 0.25) is 5.91 Å². The van der Waals surface area contributed by atoms with E-state index in [1.807, 2.05) is 51.1 Å². The molecule has 28 heavy (non-hydrogen) atoms. The first-order valence-corrected chi connectivity index (χ1v) is 9.94. The van der Waals surface area contributed by atoms with E-state index >= 15 is 0 Å². The van der Waals surface area contributed by atoms with Crippen molar-refractivity contribution >= 4 is 34.3 Å². The molecule has 1 aromatic heterocycles. The van der Waals surface area contributed by atoms with Crippen molar-refractivity contribution < 1.29 is 4.79 Å². The summed E-state index contributed by atoms with van der Waals surface area (Å²) in [6.45, 7) is 9.82. The van der Waals surface area contributed by atoms with E-state index in [0.717, 1.165) is 16.8 Å². The van der Waals surface area contributed by atoms with Crippen LogP contribution in [0.2, 0.25) is 0 Å². The number of benzene rings is 2. The number of rotatable bonds is 6. The number of anilines is 1. The zero-order valence-electron chi connectivity index (χ0n) is 16.2. The molecule has 1 atom stereocenters. The summed E-state index contributed by atoms with van der Waals surface area (Å²) >= 11 is 1.27. The number of hydrogen-bond donors (Lipinski definition) is 1. The second-order valence-electron chi connectivity index (χ2n) is 6.68. The Kier molecular flexibility index (Phi) is 5.99. The lowest BCUT2D eigenvalue weighted by Gasteiger charge is -2.16. The Labute approximate surface area is 168 Å². The molecule has 1 heterocycles. The Bertz CT molecular complexity index is 1100. The van der Waals surface area contributed by atoms with Crippen LogP contribution in [0.3, 0.4) is 0 Å². The summed E-state index contributed by atoms with van der Waals surface area (Å²) in [5.41, 5.74) is 3.38. The maximum atomic E-state index is 12.8. The second-order valence-corrected chi connectivity index (χ2v) is 7.99. The highest BCUT2D eigenvalue weighted by molar-refractivity contribution is 8.00. The molecule has 0 aliphatic carbocycles. The molecule has 0 radical (unpaired) electrons. The van der Waals surface area contributed by atoms with Crippen LogP contribution in [-0.2, 0) is 11.3 Å². The number of carbonyl (C=O) groups excluding carboxylic acids is 1. The number of nitrogens with zero attached hydrogens (tertiary/aromatic N) is 2. The van der Waals surface area contributed by atoms with Crippen molar-refractivity contribution in [2.75, 3.05) is 5.32 Å². The van der Waals surface area contributed by atoms with Gasteiger partial charge in [0, 0.05) is 12.2 Å². The Balaban J connectivity index is 1.89. The number of para-hydroxylation sites is 1. The zero-order valence-corrected chi connectivity index (χ0v) is 17.0. The van der Waals surface area contributed by atoms with E-state index in [1.165, 1.54) is 11.8 Å². The lowest BCUT2D eigenvalue weighted by molar-refractivity contribution is -0.115. The molecule has 6 heteroatoms. The maximum Gasteiger partial charge on any atom is 0.262 e. The average Bonchev–Trinajstić information content (AvgIpc) is 2.67. The molecule has 0 fully saturated rings. The summed E-state index contributed by atoms with van der Waals surface area (Å²) in [6, 6.07) is 13.2. The predicted molar refractivity (Wildman–Crippen MR) is 116 cm³/mol. The van der Waals surface area contributed by atoms with Crippen LogP contribution < -0.4 is 10.9 Å². The number of allylic oxidation sites excluding steroid dienone is 1. The quantitative estimate of drug-likeness (QED) is 0.385. The van der Waals surface area contributed by atoms with Crippen molar-refractivity contribution in [2.45, 2.75) is 37.7 Å². The summed E-state index contributed by atoms with van der Waals surface area (Å²) in [4.78, 5) is 30.2. The van der Waals surface area contributed by atoms with Gasteiger partial charge in [-0.3, -0.25) is 14.2 Å². The SMILES string of the molecule is C=CCn1c(S[C@@H](C)C(=O)Nc2cc(C)ccc2C)nc2ccccc2c1=O. The highest BCUT2D eigenvalue weighted by Gasteiger charge is 2.19. The summed E-state index contributed by atoms with van der Waals surface area (Å²) in [5.74, 6) is -0.133. The Morgan fingerprint density at radius 3 is 2.79 bits per heavy atom. The smallest absolute Gasteiger partial charge is 0.262 e. The van der Waals surface area contributed by atoms with Crippen LogP contribution >= 0.6 is 11.8 Å². The number of nitrogens with one attached hydrogen (secondary N) is 1. The summed E-state index contributed by atoms with van der Waals surface area (Å²) in [6.07, 6.45) is 1.66. The van der Waals surface area contributed by atoms with Crippen molar-refractivity contribution in [1.82, 2.24) is 9.55 Å². The van der Waals surface area contributed by atoms with E-state index in [1.54, 1.807) is 22.8 Å². The number of aryl methyl sites for hydroxylation is 2. The van der Waals surface area contributed by atoms with E-state index in [9.17, 15) is 9.59 Å². The predicted octanol–water partition coefficient (Wildman–Crippen LogP) is 4.32. The van der Waals surface area contributed by atoms with Gasteiger partial charge in [-0.25, -0.2) is 4.98 Å². The van der Waals surface area contributed by atoms with Gasteiger partial charge in [-0.15, -0.1) is 6.58 Å². The first-order chi connectivity index (χ1) is 13.4. The molecule has 5 nitrogen and oxygen atoms in total. The van der Waals surface area contributed by atoms with Crippen LogP contribution in [0, 0.1) is 13.8 Å². The lowest BCUT2D eigenvalue weighted by atomic mass is 10.1. The minimum Gasteiger partial charge on any atom is -0.325 e. The number of aromatic nitrogens is 2. The van der Waals surface area contributed by atoms with Crippen molar-refractivity contribution in [3.05, 3.63) is 76.6 Å². The van der Waals surface area contributed by atoms with E-state index in [4.69, 9.17) is 0 Å². The van der Waals surface area contributed by atoms with Crippen molar-refractivity contribution in [2.24, 2.45) is 0 Å². The summed E-state index contributed by atoms with van der Waals surface area (Å²) < 4.78 is 1.56. The van der Waals surface area contributed by atoms with Crippen LogP contribution in [0.1, 0.15) is 18.1 Å². The van der Waals surface area contributed by atoms with Crippen LogP contribution in [0.5, 0.6) is 0 Å². The molecule has 144 valence electrons. The fourth-order valence-electron chi connectivity index (χ4n) is 2.84. The molecule has 0 unspecified atom stereocenters. The van der Waals surface area contributed by atoms with Gasteiger partial charge in [-0.1, -0.05) is 42.1 Å². The van der Waals surface area contributed by atoms with Gasteiger partial charge >= 0.3 is 0 Å². The highest BCUT2D eigenvalue weighted by Crippen LogP contribution is 2.24. The van der Waals surface area contributed by atoms with Crippen LogP contribution in [0.4, 0.5) is 5.69 Å².